The van der Waals surface area contributed by atoms with Crippen LogP contribution >= 0.6 is 0 Å². The Bertz CT molecular complexity index is 651. The smallest absolute Gasteiger partial charge is 0.291 e. The van der Waals surface area contributed by atoms with Crippen molar-refractivity contribution in [1.82, 2.24) is 15.6 Å². The fraction of sp³-hybridized carbons (Fsp3) is 0.267. The first-order valence-electron chi connectivity index (χ1n) is 6.54. The van der Waals surface area contributed by atoms with Crippen LogP contribution in [0.4, 0.5) is 0 Å². The highest BCUT2D eigenvalue weighted by Gasteiger charge is 2.18. The molecule has 1 aromatic carbocycles. The molecule has 110 valence electrons. The number of hydrogen-bond donors (Lipinski definition) is 3. The zero-order valence-corrected chi connectivity index (χ0v) is 12.2. The third-order valence-electron chi connectivity index (χ3n) is 2.89. The molecule has 1 aromatic heterocycles. The number of hydrogen-bond acceptors (Lipinski definition) is 4. The minimum absolute atomic E-state index is 0.0964. The molecule has 3 N–H and O–H groups in total. The molecule has 0 saturated carbocycles. The highest BCUT2D eigenvalue weighted by atomic mass is 16.3. The SMILES string of the molecule is CC(C)(C)c1cc(C(=O)N/N=C/c2ccc(O)cc2)n[nH]1. The van der Waals surface area contributed by atoms with E-state index in [1.165, 1.54) is 6.21 Å². The average Bonchev–Trinajstić information content (AvgIpc) is 2.90. The number of hydrazone groups is 1. The number of H-pyrrole nitrogens is 1. The van der Waals surface area contributed by atoms with Crippen LogP contribution in [0.15, 0.2) is 35.4 Å². The van der Waals surface area contributed by atoms with Crippen LogP contribution in [0.5, 0.6) is 5.75 Å². The Morgan fingerprint density at radius 3 is 2.57 bits per heavy atom. The maximum atomic E-state index is 11.9. The van der Waals surface area contributed by atoms with Crippen LogP contribution in [0.2, 0.25) is 0 Å². The van der Waals surface area contributed by atoms with Crippen molar-refractivity contribution in [1.29, 1.82) is 0 Å². The van der Waals surface area contributed by atoms with Gasteiger partial charge in [0.05, 0.1) is 6.21 Å². The van der Waals surface area contributed by atoms with Gasteiger partial charge in [0, 0.05) is 11.1 Å². The van der Waals surface area contributed by atoms with Crippen molar-refractivity contribution in [2.24, 2.45) is 5.10 Å². The standard InChI is InChI=1S/C15H18N4O2/c1-15(2,3)13-8-12(17-18-13)14(21)19-16-9-10-4-6-11(20)7-5-10/h4-9,20H,1-3H3,(H,17,18)(H,19,21)/b16-9+. The van der Waals surface area contributed by atoms with E-state index >= 15 is 0 Å². The highest BCUT2D eigenvalue weighted by molar-refractivity contribution is 5.93. The van der Waals surface area contributed by atoms with Gasteiger partial charge in [-0.25, -0.2) is 5.43 Å². The van der Waals surface area contributed by atoms with E-state index < -0.39 is 0 Å². The average molecular weight is 286 g/mol. The molecule has 1 amide bonds. The predicted molar refractivity (Wildman–Crippen MR) is 80.5 cm³/mol. The summed E-state index contributed by atoms with van der Waals surface area (Å²) < 4.78 is 0. The van der Waals surface area contributed by atoms with Gasteiger partial charge in [-0.1, -0.05) is 20.8 Å². The van der Waals surface area contributed by atoms with E-state index in [0.717, 1.165) is 11.3 Å². The summed E-state index contributed by atoms with van der Waals surface area (Å²) in [5.41, 5.74) is 4.26. The van der Waals surface area contributed by atoms with Crippen LogP contribution in [0.25, 0.3) is 0 Å². The van der Waals surface area contributed by atoms with E-state index in [-0.39, 0.29) is 17.1 Å². The number of aromatic hydroxyl groups is 1. The first-order valence-corrected chi connectivity index (χ1v) is 6.54. The maximum Gasteiger partial charge on any atom is 0.291 e. The number of aromatic amines is 1. The summed E-state index contributed by atoms with van der Waals surface area (Å²) in [4.78, 5) is 11.9. The summed E-state index contributed by atoms with van der Waals surface area (Å²) in [5.74, 6) is -0.195. The summed E-state index contributed by atoms with van der Waals surface area (Å²) in [6.45, 7) is 6.10. The van der Waals surface area contributed by atoms with Gasteiger partial charge in [-0.05, 0) is 35.9 Å². The molecular weight excluding hydrogens is 268 g/mol. The van der Waals surface area contributed by atoms with Crippen molar-refractivity contribution in [3.63, 3.8) is 0 Å². The van der Waals surface area contributed by atoms with Crippen LogP contribution in [0, 0.1) is 0 Å². The number of rotatable bonds is 3. The van der Waals surface area contributed by atoms with Crippen LogP contribution in [-0.4, -0.2) is 27.4 Å². The zero-order chi connectivity index (χ0) is 15.5. The Balaban J connectivity index is 1.98. The number of phenolic OH excluding ortho intramolecular Hbond substituents is 1. The van der Waals surface area contributed by atoms with E-state index in [1.807, 2.05) is 20.8 Å². The largest absolute Gasteiger partial charge is 0.508 e. The molecule has 0 fully saturated rings. The Hall–Kier alpha value is -2.63. The van der Waals surface area contributed by atoms with Gasteiger partial charge in [-0.15, -0.1) is 0 Å². The lowest BCUT2D eigenvalue weighted by Crippen LogP contribution is -2.18. The van der Waals surface area contributed by atoms with Gasteiger partial charge in [-0.3, -0.25) is 9.89 Å². The van der Waals surface area contributed by atoms with E-state index in [4.69, 9.17) is 5.11 Å². The molecule has 0 spiro atoms. The molecule has 0 saturated heterocycles. The fourth-order valence-corrected chi connectivity index (χ4v) is 1.61. The highest BCUT2D eigenvalue weighted by Crippen LogP contribution is 2.20. The molecule has 6 heteroatoms. The second-order valence-corrected chi connectivity index (χ2v) is 5.71. The lowest BCUT2D eigenvalue weighted by Gasteiger charge is -2.14. The number of nitrogens with one attached hydrogen (secondary N) is 2. The van der Waals surface area contributed by atoms with Crippen LogP contribution in [0.3, 0.4) is 0 Å². The molecule has 0 aliphatic heterocycles. The van der Waals surface area contributed by atoms with E-state index in [0.29, 0.717) is 5.69 Å². The van der Waals surface area contributed by atoms with Gasteiger partial charge < -0.3 is 5.11 Å². The summed E-state index contributed by atoms with van der Waals surface area (Å²) in [5, 5.41) is 19.8. The zero-order valence-electron chi connectivity index (χ0n) is 12.2. The molecule has 2 aromatic rings. The molecule has 0 aliphatic rings. The van der Waals surface area contributed by atoms with Crippen molar-refractivity contribution >= 4 is 12.1 Å². The quantitative estimate of drug-likeness (QED) is 0.596. The molecule has 1 heterocycles. The fourth-order valence-electron chi connectivity index (χ4n) is 1.61. The topological polar surface area (TPSA) is 90.4 Å². The normalized spacial score (nSPS) is 11.8. The van der Waals surface area contributed by atoms with Crippen molar-refractivity contribution in [3.8, 4) is 5.75 Å². The maximum absolute atomic E-state index is 11.9. The van der Waals surface area contributed by atoms with Crippen molar-refractivity contribution in [2.45, 2.75) is 26.2 Å². The number of carbonyl (C=O) groups is 1. The summed E-state index contributed by atoms with van der Waals surface area (Å²) in [6, 6.07) is 8.19. The molecule has 0 radical (unpaired) electrons. The minimum Gasteiger partial charge on any atom is -0.508 e. The Labute approximate surface area is 122 Å². The number of nitrogens with zero attached hydrogens (tertiary/aromatic N) is 2. The number of aromatic nitrogens is 2. The summed E-state index contributed by atoms with van der Waals surface area (Å²) >= 11 is 0. The molecule has 21 heavy (non-hydrogen) atoms. The second kappa shape index (κ2) is 5.78. The lowest BCUT2D eigenvalue weighted by atomic mass is 9.92. The third kappa shape index (κ3) is 3.92. The van der Waals surface area contributed by atoms with E-state index in [2.05, 4.69) is 20.7 Å². The first kappa shape index (κ1) is 14.8. The van der Waals surface area contributed by atoms with Gasteiger partial charge in [0.2, 0.25) is 0 Å². The Morgan fingerprint density at radius 2 is 2.00 bits per heavy atom. The Morgan fingerprint density at radius 1 is 1.33 bits per heavy atom. The van der Waals surface area contributed by atoms with Crippen LogP contribution in [-0.2, 0) is 5.41 Å². The number of phenols is 1. The summed E-state index contributed by atoms with van der Waals surface area (Å²) in [7, 11) is 0. The Kier molecular flexibility index (Phi) is 4.07. The third-order valence-corrected chi connectivity index (χ3v) is 2.89. The number of benzene rings is 1. The number of carbonyl (C=O) groups excluding carboxylic acids is 1. The molecule has 6 nitrogen and oxygen atoms in total. The van der Waals surface area contributed by atoms with Gasteiger partial charge in [0.1, 0.15) is 5.75 Å². The molecule has 0 aliphatic carbocycles. The lowest BCUT2D eigenvalue weighted by molar-refractivity contribution is 0.0950. The molecule has 0 atom stereocenters. The van der Waals surface area contributed by atoms with Gasteiger partial charge >= 0.3 is 0 Å². The van der Waals surface area contributed by atoms with Crippen LogP contribution < -0.4 is 5.43 Å². The van der Waals surface area contributed by atoms with E-state index in [9.17, 15) is 4.79 Å². The molecular formula is C15H18N4O2. The van der Waals surface area contributed by atoms with Crippen LogP contribution in [0.1, 0.15) is 42.5 Å². The minimum atomic E-state index is -0.378. The van der Waals surface area contributed by atoms with Crippen molar-refractivity contribution in [2.75, 3.05) is 0 Å². The van der Waals surface area contributed by atoms with Gasteiger partial charge in [0.25, 0.3) is 5.91 Å². The van der Waals surface area contributed by atoms with Crippen molar-refractivity contribution < 1.29 is 9.90 Å². The van der Waals surface area contributed by atoms with Crippen molar-refractivity contribution in [3.05, 3.63) is 47.3 Å². The van der Waals surface area contributed by atoms with Gasteiger partial charge in [0.15, 0.2) is 5.69 Å². The molecule has 0 unspecified atom stereocenters. The number of amides is 1. The monoisotopic (exact) mass is 286 g/mol. The molecule has 0 bridgehead atoms. The second-order valence-electron chi connectivity index (χ2n) is 5.71. The van der Waals surface area contributed by atoms with E-state index in [1.54, 1.807) is 30.3 Å². The van der Waals surface area contributed by atoms with Gasteiger partial charge in [-0.2, -0.15) is 10.2 Å². The molecule has 2 rings (SSSR count). The predicted octanol–water partition coefficient (Wildman–Crippen LogP) is 2.18. The summed E-state index contributed by atoms with van der Waals surface area (Å²) in [6.07, 6.45) is 1.49. The first-order chi connectivity index (χ1) is 9.86.